The van der Waals surface area contributed by atoms with Gasteiger partial charge in [-0.3, -0.25) is 9.69 Å². The lowest BCUT2D eigenvalue weighted by atomic mass is 9.97. The zero-order valence-corrected chi connectivity index (χ0v) is 13.8. The monoisotopic (exact) mass is 302 g/mol. The molecule has 0 radical (unpaired) electrons. The maximum atomic E-state index is 11.7. The van der Waals surface area contributed by atoms with Crippen LogP contribution in [-0.2, 0) is 0 Å². The van der Waals surface area contributed by atoms with Crippen LogP contribution in [0, 0.1) is 13.8 Å². The van der Waals surface area contributed by atoms with Crippen LogP contribution in [0.3, 0.4) is 0 Å². The summed E-state index contributed by atoms with van der Waals surface area (Å²) in [6.45, 7) is 9.36. The van der Waals surface area contributed by atoms with Crippen LogP contribution in [-0.4, -0.2) is 47.5 Å². The van der Waals surface area contributed by atoms with Gasteiger partial charge in [-0.25, -0.2) is 4.98 Å². The average molecular weight is 302 g/mol. The molecule has 2 aliphatic heterocycles. The van der Waals surface area contributed by atoms with Gasteiger partial charge in [0.2, 0.25) is 0 Å². The third-order valence-electron chi connectivity index (χ3n) is 5.20. The lowest BCUT2D eigenvalue weighted by Gasteiger charge is -2.50. The second kappa shape index (κ2) is 5.88. The zero-order valence-electron chi connectivity index (χ0n) is 13.8. The topological polar surface area (TPSA) is 62.5 Å². The van der Waals surface area contributed by atoms with Gasteiger partial charge < -0.3 is 10.6 Å². The molecule has 120 valence electrons. The number of likely N-dealkylation sites (tertiary alicyclic amines) is 1. The van der Waals surface area contributed by atoms with E-state index >= 15 is 0 Å². The summed E-state index contributed by atoms with van der Waals surface area (Å²) in [6, 6.07) is 3.13. The van der Waals surface area contributed by atoms with Crippen molar-refractivity contribution in [1.29, 1.82) is 0 Å². The average Bonchev–Trinajstić information content (AvgIpc) is 2.42. The first-order valence-electron chi connectivity index (χ1n) is 8.26. The van der Waals surface area contributed by atoms with Gasteiger partial charge in [0.25, 0.3) is 5.91 Å². The first-order valence-corrected chi connectivity index (χ1v) is 8.26. The lowest BCUT2D eigenvalue weighted by molar-refractivity contribution is 0.0868. The third kappa shape index (κ3) is 2.70. The Kier molecular flexibility index (Phi) is 4.08. The van der Waals surface area contributed by atoms with E-state index in [9.17, 15) is 4.79 Å². The maximum absolute atomic E-state index is 11.7. The minimum absolute atomic E-state index is 0.389. The van der Waals surface area contributed by atoms with Gasteiger partial charge >= 0.3 is 0 Å². The van der Waals surface area contributed by atoms with Crippen LogP contribution in [0.4, 0.5) is 5.82 Å². The number of nitrogens with two attached hydrogens (primary N) is 1. The molecule has 2 fully saturated rings. The number of rotatable bonds is 3. The molecule has 0 spiro atoms. The number of hydrogen-bond donors (Lipinski definition) is 1. The molecule has 1 amide bonds. The normalized spacial score (nSPS) is 23.4. The number of carbonyl (C=O) groups excluding carboxylic acids is 1. The highest BCUT2D eigenvalue weighted by molar-refractivity contribution is 5.98. The van der Waals surface area contributed by atoms with E-state index in [0.717, 1.165) is 30.2 Å². The van der Waals surface area contributed by atoms with Crippen molar-refractivity contribution in [3.05, 3.63) is 22.9 Å². The van der Waals surface area contributed by atoms with Crippen LogP contribution in [0.1, 0.15) is 47.8 Å². The Balaban J connectivity index is 1.75. The van der Waals surface area contributed by atoms with E-state index in [1.807, 2.05) is 19.9 Å². The SMILES string of the molecule is Cc1cc(C(N)=O)c(N2CC(N3CCCCC3C)C2)nc1C. The van der Waals surface area contributed by atoms with Crippen molar-refractivity contribution in [2.45, 2.75) is 52.1 Å². The molecule has 1 unspecified atom stereocenters. The van der Waals surface area contributed by atoms with Crippen molar-refractivity contribution < 1.29 is 4.79 Å². The molecule has 0 aromatic carbocycles. The number of amides is 1. The van der Waals surface area contributed by atoms with Gasteiger partial charge in [-0.05, 0) is 51.8 Å². The van der Waals surface area contributed by atoms with E-state index in [1.165, 1.54) is 25.8 Å². The molecule has 0 saturated carbocycles. The zero-order chi connectivity index (χ0) is 15.9. The van der Waals surface area contributed by atoms with E-state index in [2.05, 4.69) is 21.7 Å². The Labute approximate surface area is 132 Å². The summed E-state index contributed by atoms with van der Waals surface area (Å²) in [5, 5.41) is 0. The van der Waals surface area contributed by atoms with Crippen molar-refractivity contribution in [2.75, 3.05) is 24.5 Å². The Morgan fingerprint density at radius 2 is 2.05 bits per heavy atom. The van der Waals surface area contributed by atoms with Crippen molar-refractivity contribution >= 4 is 11.7 Å². The summed E-state index contributed by atoms with van der Waals surface area (Å²) in [5.74, 6) is 0.372. The summed E-state index contributed by atoms with van der Waals surface area (Å²) in [4.78, 5) is 21.1. The summed E-state index contributed by atoms with van der Waals surface area (Å²) in [6.07, 6.45) is 3.94. The fraction of sp³-hybridized carbons (Fsp3) is 0.647. The number of hydrogen-bond acceptors (Lipinski definition) is 4. The molecule has 0 bridgehead atoms. The van der Waals surface area contributed by atoms with Crippen molar-refractivity contribution in [2.24, 2.45) is 5.73 Å². The van der Waals surface area contributed by atoms with Gasteiger partial charge in [0, 0.05) is 30.9 Å². The minimum Gasteiger partial charge on any atom is -0.365 e. The maximum Gasteiger partial charge on any atom is 0.252 e. The third-order valence-corrected chi connectivity index (χ3v) is 5.20. The standard InChI is InChI=1S/C17H26N4O/c1-11-8-15(16(18)22)17(19-13(11)3)20-9-14(10-20)21-7-5-4-6-12(21)2/h8,12,14H,4-7,9-10H2,1-3H3,(H2,18,22). The van der Waals surface area contributed by atoms with E-state index in [4.69, 9.17) is 5.73 Å². The second-order valence-corrected chi connectivity index (χ2v) is 6.77. The van der Waals surface area contributed by atoms with Crippen LogP contribution in [0.15, 0.2) is 6.07 Å². The van der Waals surface area contributed by atoms with Gasteiger partial charge in [-0.15, -0.1) is 0 Å². The predicted octanol–water partition coefficient (Wildman–Crippen LogP) is 1.86. The first-order chi connectivity index (χ1) is 10.5. The highest BCUT2D eigenvalue weighted by Gasteiger charge is 2.37. The first kappa shape index (κ1) is 15.3. The number of nitrogens with zero attached hydrogens (tertiary/aromatic N) is 3. The molecular formula is C17H26N4O. The van der Waals surface area contributed by atoms with E-state index in [-0.39, 0.29) is 5.91 Å². The molecule has 2 N–H and O–H groups in total. The number of anilines is 1. The lowest BCUT2D eigenvalue weighted by Crippen LogP contribution is -2.62. The van der Waals surface area contributed by atoms with Gasteiger partial charge in [0.05, 0.1) is 5.56 Å². The Hall–Kier alpha value is -1.62. The van der Waals surface area contributed by atoms with Crippen molar-refractivity contribution in [3.8, 4) is 0 Å². The fourth-order valence-corrected chi connectivity index (χ4v) is 3.62. The fourth-order valence-electron chi connectivity index (χ4n) is 3.62. The summed E-state index contributed by atoms with van der Waals surface area (Å²) in [5.41, 5.74) is 8.06. The van der Waals surface area contributed by atoms with Gasteiger partial charge in [-0.1, -0.05) is 6.42 Å². The van der Waals surface area contributed by atoms with Crippen LogP contribution >= 0.6 is 0 Å². The molecular weight excluding hydrogens is 276 g/mol. The molecule has 5 heteroatoms. The highest BCUT2D eigenvalue weighted by atomic mass is 16.1. The molecule has 1 aromatic heterocycles. The molecule has 3 rings (SSSR count). The number of aryl methyl sites for hydroxylation is 2. The summed E-state index contributed by atoms with van der Waals surface area (Å²) >= 11 is 0. The second-order valence-electron chi connectivity index (χ2n) is 6.77. The molecule has 1 atom stereocenters. The number of primary amides is 1. The van der Waals surface area contributed by atoms with Gasteiger partial charge in [0.1, 0.15) is 5.82 Å². The number of pyridine rings is 1. The quantitative estimate of drug-likeness (QED) is 0.926. The Morgan fingerprint density at radius 1 is 1.32 bits per heavy atom. The molecule has 0 aliphatic carbocycles. The summed E-state index contributed by atoms with van der Waals surface area (Å²) in [7, 11) is 0. The molecule has 2 saturated heterocycles. The number of aromatic nitrogens is 1. The van der Waals surface area contributed by atoms with Crippen LogP contribution in [0.2, 0.25) is 0 Å². The molecule has 5 nitrogen and oxygen atoms in total. The van der Waals surface area contributed by atoms with E-state index in [0.29, 0.717) is 17.6 Å². The van der Waals surface area contributed by atoms with Crippen molar-refractivity contribution in [1.82, 2.24) is 9.88 Å². The summed E-state index contributed by atoms with van der Waals surface area (Å²) < 4.78 is 0. The van der Waals surface area contributed by atoms with E-state index in [1.54, 1.807) is 0 Å². The molecule has 3 heterocycles. The highest BCUT2D eigenvalue weighted by Crippen LogP contribution is 2.30. The largest absolute Gasteiger partial charge is 0.365 e. The Morgan fingerprint density at radius 3 is 2.68 bits per heavy atom. The van der Waals surface area contributed by atoms with Gasteiger partial charge in [0.15, 0.2) is 0 Å². The minimum atomic E-state index is -0.389. The smallest absolute Gasteiger partial charge is 0.252 e. The molecule has 2 aliphatic rings. The van der Waals surface area contributed by atoms with Crippen molar-refractivity contribution in [3.63, 3.8) is 0 Å². The van der Waals surface area contributed by atoms with E-state index < -0.39 is 0 Å². The van der Waals surface area contributed by atoms with Gasteiger partial charge in [-0.2, -0.15) is 0 Å². The Bertz CT molecular complexity index is 580. The molecule has 22 heavy (non-hydrogen) atoms. The number of piperidine rings is 1. The predicted molar refractivity (Wildman–Crippen MR) is 88.2 cm³/mol. The molecule has 1 aromatic rings. The van der Waals surface area contributed by atoms with Crippen LogP contribution in [0.25, 0.3) is 0 Å². The van der Waals surface area contributed by atoms with Crippen LogP contribution < -0.4 is 10.6 Å². The number of carbonyl (C=O) groups is 1. The van der Waals surface area contributed by atoms with Crippen LogP contribution in [0.5, 0.6) is 0 Å².